The van der Waals surface area contributed by atoms with Gasteiger partial charge in [0.1, 0.15) is 25.4 Å². The smallest absolute Gasteiger partial charge is 0.463 e. The van der Waals surface area contributed by atoms with Crippen LogP contribution in [0.25, 0.3) is 0 Å². The number of hydrogen-bond acceptors (Lipinski definition) is 14. The van der Waals surface area contributed by atoms with Gasteiger partial charge in [0.15, 0.2) is 6.10 Å². The first-order chi connectivity index (χ1) is 55.2. The maximum Gasteiger partial charge on any atom is 0.472 e. The Bertz CT molecular complexity index is 2730. The molecule has 0 amide bonds. The van der Waals surface area contributed by atoms with E-state index in [9.17, 15) is 43.5 Å². The lowest BCUT2D eigenvalue weighted by Gasteiger charge is -2.21. The van der Waals surface area contributed by atoms with Crippen LogP contribution < -0.4 is 0 Å². The highest BCUT2D eigenvalue weighted by molar-refractivity contribution is 7.47. The molecule has 18 heteroatoms. The van der Waals surface area contributed by atoms with Crippen LogP contribution in [0.3, 0.4) is 0 Å². The maximum absolute atomic E-state index is 13.1. The van der Waals surface area contributed by atoms with Crippen molar-refractivity contribution in [2.75, 3.05) is 39.6 Å². The van der Waals surface area contributed by atoms with Crippen molar-refractivity contribution >= 4 is 33.6 Å². The maximum atomic E-state index is 13.1. The molecule has 0 radical (unpaired) electrons. The number of esters is 3. The summed E-state index contributed by atoms with van der Waals surface area (Å²) in [6, 6.07) is 0. The molecular formula is C95H160O16P2. The Kier molecular flexibility index (Phi) is 82.4. The minimum absolute atomic E-state index is 0.0879. The van der Waals surface area contributed by atoms with Gasteiger partial charge in [-0.15, -0.1) is 0 Å². The van der Waals surface area contributed by atoms with Gasteiger partial charge in [0.2, 0.25) is 0 Å². The number of phosphoric acid groups is 2. The van der Waals surface area contributed by atoms with Gasteiger partial charge in [0.25, 0.3) is 0 Å². The third-order valence-electron chi connectivity index (χ3n) is 18.4. The molecule has 16 nitrogen and oxygen atoms in total. The minimum atomic E-state index is -4.95. The second-order valence-corrected chi connectivity index (χ2v) is 32.2. The van der Waals surface area contributed by atoms with Crippen LogP contribution in [0, 0.1) is 0 Å². The molecule has 0 aromatic heterocycles. The molecule has 0 saturated heterocycles. The first kappa shape index (κ1) is 108. The van der Waals surface area contributed by atoms with Gasteiger partial charge < -0.3 is 34.2 Å². The number of hydrogen-bond donors (Lipinski definition) is 4. The molecule has 5 unspecified atom stereocenters. The standard InChI is InChI=1S/C95H160O16P2/c1-4-7-10-13-16-19-22-25-28-31-34-37-40-43-44-47-49-51-54-57-60-63-66-69-72-75-78-81-93(98)105-84-90(96)85-107-112(101,102)108-86-91(97)87-109-113(103,104)110-89-92(111-95(100)83-80-77-74-71-68-65-62-59-56-53-50-46-42-39-36-33-30-27-24-21-18-15-12-9-6-3)88-106-94(99)82-79-76-73-70-67-64-61-58-55-52-48-45-41-38-35-32-29-26-23-20-17-14-11-8-5-2/h8,11,16-21,25-30,34-39,43-46,48,50,55,58,90-92,96-97H,4-7,9-10,12-15,22-24,31-33,40-42,47,49,51-54,56-57,59-89H2,1-3H3,(H,101,102)(H,103,104)/b11-8-,19-16-,20-17-,21-18-,28-25-,29-26-,30-27-,37-34-,38-35-,39-36-,44-43-,48-45-,50-46-,58-55-. The molecule has 0 aliphatic carbocycles. The van der Waals surface area contributed by atoms with Crippen molar-refractivity contribution in [2.24, 2.45) is 0 Å². The summed E-state index contributed by atoms with van der Waals surface area (Å²) in [6.45, 7) is 2.51. The number of aliphatic hydroxyl groups excluding tert-OH is 2. The normalized spacial score (nSPS) is 14.6. The van der Waals surface area contributed by atoms with Gasteiger partial charge in [-0.3, -0.25) is 32.5 Å². The molecule has 0 rings (SSSR count). The number of carbonyl (C=O) groups excluding carboxylic acids is 3. The van der Waals surface area contributed by atoms with E-state index in [2.05, 4.69) is 191 Å². The zero-order valence-electron chi connectivity index (χ0n) is 71.0. The third-order valence-corrected chi connectivity index (χ3v) is 20.3. The molecule has 0 fully saturated rings. The summed E-state index contributed by atoms with van der Waals surface area (Å²) in [5, 5.41) is 20.7. The van der Waals surface area contributed by atoms with E-state index in [0.29, 0.717) is 19.3 Å². The fraction of sp³-hybridized carbons (Fsp3) is 0.674. The summed E-state index contributed by atoms with van der Waals surface area (Å²) in [4.78, 5) is 59.0. The van der Waals surface area contributed by atoms with Crippen LogP contribution >= 0.6 is 15.6 Å². The Balaban J connectivity index is 4.71. The lowest BCUT2D eigenvalue weighted by Crippen LogP contribution is -2.30. The van der Waals surface area contributed by atoms with Gasteiger partial charge in [-0.05, 0) is 161 Å². The van der Waals surface area contributed by atoms with Gasteiger partial charge in [0, 0.05) is 19.3 Å². The third kappa shape index (κ3) is 87.6. The van der Waals surface area contributed by atoms with Crippen LogP contribution in [0.15, 0.2) is 170 Å². The van der Waals surface area contributed by atoms with Crippen LogP contribution in [-0.4, -0.2) is 95.9 Å². The van der Waals surface area contributed by atoms with E-state index >= 15 is 0 Å². The van der Waals surface area contributed by atoms with Crippen molar-refractivity contribution in [3.8, 4) is 0 Å². The quantitative estimate of drug-likeness (QED) is 0.0146. The Morgan fingerprint density at radius 1 is 0.257 bits per heavy atom. The molecule has 0 aromatic rings. The predicted molar refractivity (Wildman–Crippen MR) is 472 cm³/mol. The van der Waals surface area contributed by atoms with Gasteiger partial charge in [-0.1, -0.05) is 345 Å². The van der Waals surface area contributed by atoms with Crippen molar-refractivity contribution in [3.63, 3.8) is 0 Å². The van der Waals surface area contributed by atoms with Crippen molar-refractivity contribution < 1.29 is 75.8 Å². The molecule has 0 aromatic carbocycles. The van der Waals surface area contributed by atoms with Crippen LogP contribution in [0.5, 0.6) is 0 Å². The van der Waals surface area contributed by atoms with Gasteiger partial charge >= 0.3 is 33.6 Å². The van der Waals surface area contributed by atoms with E-state index in [1.165, 1.54) is 122 Å². The molecule has 0 saturated carbocycles. The zero-order valence-corrected chi connectivity index (χ0v) is 72.8. The van der Waals surface area contributed by atoms with Crippen molar-refractivity contribution in [3.05, 3.63) is 170 Å². The van der Waals surface area contributed by atoms with E-state index in [-0.39, 0.29) is 19.3 Å². The number of rotatable bonds is 83. The first-order valence-electron chi connectivity index (χ1n) is 44.4. The van der Waals surface area contributed by atoms with E-state index in [1.54, 1.807) is 0 Å². The summed E-state index contributed by atoms with van der Waals surface area (Å²) in [7, 11) is -9.82. The van der Waals surface area contributed by atoms with Crippen LogP contribution in [0.4, 0.5) is 0 Å². The van der Waals surface area contributed by atoms with E-state index in [0.717, 1.165) is 173 Å². The lowest BCUT2D eigenvalue weighted by molar-refractivity contribution is -0.161. The fourth-order valence-electron chi connectivity index (χ4n) is 11.7. The summed E-state index contributed by atoms with van der Waals surface area (Å²) in [6.07, 6.45) is 111. The van der Waals surface area contributed by atoms with Crippen molar-refractivity contribution in [1.29, 1.82) is 0 Å². The van der Waals surface area contributed by atoms with Crippen molar-refractivity contribution in [1.82, 2.24) is 0 Å². The Labute approximate surface area is 688 Å². The van der Waals surface area contributed by atoms with E-state index in [4.69, 9.17) is 32.3 Å². The summed E-state index contributed by atoms with van der Waals surface area (Å²) < 4.78 is 61.4. The monoisotopic (exact) mass is 1620 g/mol. The molecule has 0 aliphatic heterocycles. The average molecular weight is 1620 g/mol. The average Bonchev–Trinajstić information content (AvgIpc) is 0.906. The second kappa shape index (κ2) is 86.3. The molecular weight excluding hydrogens is 1460 g/mol. The van der Waals surface area contributed by atoms with Crippen LogP contribution in [0.1, 0.15) is 355 Å². The topological polar surface area (TPSA) is 231 Å². The van der Waals surface area contributed by atoms with E-state index in [1.807, 2.05) is 0 Å². The number of aliphatic hydroxyl groups is 2. The molecule has 646 valence electrons. The highest BCUT2D eigenvalue weighted by Gasteiger charge is 2.29. The first-order valence-corrected chi connectivity index (χ1v) is 47.4. The fourth-order valence-corrected chi connectivity index (χ4v) is 13.2. The lowest BCUT2D eigenvalue weighted by atomic mass is 10.0. The second-order valence-electron chi connectivity index (χ2n) is 29.3. The molecule has 0 aliphatic rings. The predicted octanol–water partition coefficient (Wildman–Crippen LogP) is 27.1. The number of ether oxygens (including phenoxy) is 3. The van der Waals surface area contributed by atoms with Gasteiger partial charge in [0.05, 0.1) is 26.4 Å². The molecule has 5 atom stereocenters. The summed E-state index contributed by atoms with van der Waals surface area (Å²) in [5.41, 5.74) is 0. The number of carbonyl (C=O) groups is 3. The van der Waals surface area contributed by atoms with Gasteiger partial charge in [-0.2, -0.15) is 0 Å². The molecule has 0 bridgehead atoms. The van der Waals surface area contributed by atoms with E-state index < -0.39 is 91.5 Å². The molecule has 113 heavy (non-hydrogen) atoms. The van der Waals surface area contributed by atoms with Crippen LogP contribution in [0.2, 0.25) is 0 Å². The Morgan fingerprint density at radius 2 is 0.469 bits per heavy atom. The number of unbranched alkanes of at least 4 members (excludes halogenated alkanes) is 32. The Hall–Kier alpha value is -5.09. The molecule has 4 N–H and O–H groups in total. The largest absolute Gasteiger partial charge is 0.472 e. The van der Waals surface area contributed by atoms with Gasteiger partial charge in [-0.25, -0.2) is 9.13 Å². The molecule has 0 heterocycles. The Morgan fingerprint density at radius 3 is 0.743 bits per heavy atom. The zero-order chi connectivity index (χ0) is 82.2. The summed E-state index contributed by atoms with van der Waals surface area (Å²) >= 11 is 0. The highest BCUT2D eigenvalue weighted by Crippen LogP contribution is 2.45. The highest BCUT2D eigenvalue weighted by atomic mass is 31.2. The number of allylic oxidation sites excluding steroid dienone is 28. The molecule has 0 spiro atoms. The van der Waals surface area contributed by atoms with Crippen LogP contribution in [-0.2, 0) is 55.8 Å². The number of phosphoric ester groups is 2. The SMILES string of the molecule is CC/C=C\C/C=C\C/C=C\C/C=C\C/C=C\C/C=C\CCCCCCCCC(=O)OCC(COP(=O)(O)OCC(O)COP(=O)(O)OCC(O)COC(=O)CCCCCCCCCCCCC/C=C\C/C=C\C/C=C\C/C=C\CCCCC)OC(=O)CCCCCCCCCCC/C=C\C/C=C\C/C=C\C/C=C\CCCCC. The van der Waals surface area contributed by atoms with Crippen molar-refractivity contribution in [2.45, 2.75) is 373 Å². The minimum Gasteiger partial charge on any atom is -0.463 e. The summed E-state index contributed by atoms with van der Waals surface area (Å²) in [5.74, 6) is -1.60.